The molecule has 0 aromatic heterocycles. The number of amides is 4. The molecule has 6 atom stereocenters. The largest absolute Gasteiger partial charge is 0.508 e. The Hall–Kier alpha value is -4.42. The molecule has 21 heteroatoms. The molecule has 2 heterocycles. The van der Waals surface area contributed by atoms with Gasteiger partial charge in [-0.25, -0.2) is 31.8 Å². The maximum absolute atomic E-state index is 15.2. The van der Waals surface area contributed by atoms with Crippen LogP contribution in [0.4, 0.5) is 59.7 Å². The first-order valence-electron chi connectivity index (χ1n) is 15.5. The van der Waals surface area contributed by atoms with E-state index in [2.05, 4.69) is 0 Å². The molecule has 7 nitrogen and oxygen atoms in total. The van der Waals surface area contributed by atoms with Gasteiger partial charge in [0.25, 0.3) is 11.8 Å². The van der Waals surface area contributed by atoms with Crippen LogP contribution in [-0.4, -0.2) is 38.5 Å². The second-order valence-electron chi connectivity index (χ2n) is 13.2. The number of allylic oxidation sites excluding steroid dienone is 2. The van der Waals surface area contributed by atoms with E-state index in [1.165, 1.54) is 6.08 Å². The van der Waals surface area contributed by atoms with E-state index in [0.717, 1.165) is 18.2 Å². The zero-order valence-electron chi connectivity index (χ0n) is 26.5. The summed E-state index contributed by atoms with van der Waals surface area (Å²) in [6, 6.07) is 3.05. The topological polar surface area (TPSA) is 95.0 Å². The first-order chi connectivity index (χ1) is 25.4. The minimum atomic E-state index is -5.38. The molecule has 3 fully saturated rings. The van der Waals surface area contributed by atoms with E-state index in [9.17, 15) is 63.8 Å². The van der Waals surface area contributed by atoms with Gasteiger partial charge in [-0.2, -0.15) is 26.3 Å². The summed E-state index contributed by atoms with van der Waals surface area (Å²) in [5.41, 5.74) is -7.27. The smallest absolute Gasteiger partial charge is 0.416 e. The lowest BCUT2D eigenvalue weighted by molar-refractivity contribution is -0.143. The van der Waals surface area contributed by atoms with Crippen LogP contribution in [-0.2, 0) is 31.5 Å². The second kappa shape index (κ2) is 12.3. The lowest BCUT2D eigenvalue weighted by atomic mass is 9.56. The van der Waals surface area contributed by atoms with E-state index < -0.39 is 150 Å². The number of carbonyl (C=O) groups excluding carboxylic acids is 4. The van der Waals surface area contributed by atoms with Crippen LogP contribution in [0.3, 0.4) is 0 Å². The van der Waals surface area contributed by atoms with E-state index in [1.807, 2.05) is 0 Å². The van der Waals surface area contributed by atoms with Crippen LogP contribution in [0.2, 0.25) is 5.02 Å². The number of fused-ring (bicyclic) bond motifs is 4. The summed E-state index contributed by atoms with van der Waals surface area (Å²) in [4.78, 5) is 50.1. The van der Waals surface area contributed by atoms with Crippen LogP contribution >= 0.6 is 34.8 Å². The first-order valence-corrected chi connectivity index (χ1v) is 16.6. The van der Waals surface area contributed by atoms with Crippen molar-refractivity contribution in [2.45, 2.75) is 40.9 Å². The Morgan fingerprint density at radius 3 is 1.78 bits per heavy atom. The standard InChI is InChI=1S/C34H16Cl3F11N2O5/c35-18-8-13(51)1-2-15(18)20-14-3-4-16-19(28(53)49(27(16)52)12-6-10(33(43,44)45)5-11(7-12)34(46,47)48)17(14)9-31(36)29(54)50(30(55)32(20,31)37)26-24(41)22(39)21(38)23(40)25(26)42/h1-3,5-8,16-17,19-20,51H,4,9H2. The van der Waals surface area contributed by atoms with Gasteiger partial charge in [0.15, 0.2) is 33.0 Å². The van der Waals surface area contributed by atoms with Gasteiger partial charge in [0, 0.05) is 10.9 Å². The van der Waals surface area contributed by atoms with Crippen molar-refractivity contribution >= 4 is 69.8 Å². The van der Waals surface area contributed by atoms with Crippen LogP contribution in [0.5, 0.6) is 5.75 Å². The summed E-state index contributed by atoms with van der Waals surface area (Å²) in [5.74, 6) is -26.6. The van der Waals surface area contributed by atoms with Crippen LogP contribution < -0.4 is 9.80 Å². The maximum atomic E-state index is 15.2. The van der Waals surface area contributed by atoms with E-state index in [0.29, 0.717) is 0 Å². The molecule has 2 saturated heterocycles. The third kappa shape index (κ3) is 5.30. The van der Waals surface area contributed by atoms with Gasteiger partial charge in [-0.05, 0) is 54.7 Å². The molecule has 4 aliphatic rings. The highest BCUT2D eigenvalue weighted by molar-refractivity contribution is 6.58. The number of halogens is 14. The van der Waals surface area contributed by atoms with Gasteiger partial charge in [0.1, 0.15) is 11.4 Å². The molecule has 3 aromatic carbocycles. The number of imide groups is 2. The molecule has 2 aliphatic carbocycles. The van der Waals surface area contributed by atoms with Crippen LogP contribution in [0.25, 0.3) is 0 Å². The summed E-state index contributed by atoms with van der Waals surface area (Å²) in [7, 11) is 0. The number of benzene rings is 3. The lowest BCUT2D eigenvalue weighted by Gasteiger charge is -2.50. The van der Waals surface area contributed by atoms with E-state index in [4.69, 9.17) is 34.8 Å². The summed E-state index contributed by atoms with van der Waals surface area (Å²) in [6.07, 6.45) is -11.0. The summed E-state index contributed by atoms with van der Waals surface area (Å²) in [6.45, 7) is 0. The molecule has 6 unspecified atom stereocenters. The Morgan fingerprint density at radius 2 is 1.25 bits per heavy atom. The Bertz CT molecular complexity index is 2260. The predicted molar refractivity (Wildman–Crippen MR) is 168 cm³/mol. The van der Waals surface area contributed by atoms with Crippen LogP contribution in [0.15, 0.2) is 48.0 Å². The fourth-order valence-corrected chi connectivity index (χ4v) is 9.20. The van der Waals surface area contributed by atoms with Crippen LogP contribution in [0, 0.1) is 46.8 Å². The quantitative estimate of drug-likeness (QED) is 0.0713. The van der Waals surface area contributed by atoms with Gasteiger partial charge < -0.3 is 5.11 Å². The molecule has 55 heavy (non-hydrogen) atoms. The third-order valence-electron chi connectivity index (χ3n) is 10.3. The van der Waals surface area contributed by atoms with Gasteiger partial charge in [-0.3, -0.25) is 19.2 Å². The zero-order valence-corrected chi connectivity index (χ0v) is 28.8. The number of phenolic OH excluding ortho intramolecular Hbond substituents is 1. The molecule has 7 rings (SSSR count). The van der Waals surface area contributed by atoms with E-state index >= 15 is 8.78 Å². The molecule has 3 aromatic rings. The third-order valence-corrected chi connectivity index (χ3v) is 12.1. The first kappa shape index (κ1) is 38.8. The Morgan fingerprint density at radius 1 is 0.709 bits per heavy atom. The number of nitrogens with zero attached hydrogens (tertiary/aromatic N) is 2. The second-order valence-corrected chi connectivity index (χ2v) is 14.8. The average Bonchev–Trinajstić information content (AvgIpc) is 3.44. The molecular formula is C34H16Cl3F11N2O5. The number of phenols is 1. The Balaban J connectivity index is 1.42. The van der Waals surface area contributed by atoms with Gasteiger partial charge in [-0.1, -0.05) is 29.3 Å². The van der Waals surface area contributed by atoms with Crippen molar-refractivity contribution in [1.82, 2.24) is 0 Å². The molecule has 0 radical (unpaired) electrons. The van der Waals surface area contributed by atoms with Crippen molar-refractivity contribution in [3.05, 3.63) is 98.8 Å². The minimum Gasteiger partial charge on any atom is -0.508 e. The fraction of sp³-hybridized carbons (Fsp3) is 0.294. The number of rotatable bonds is 3. The summed E-state index contributed by atoms with van der Waals surface area (Å²) >= 11 is 20.4. The Labute approximate surface area is 314 Å². The molecule has 1 N–H and O–H groups in total. The SMILES string of the molecule is O=C1C2CC=C3C(CC4(Cl)C(=O)N(c5c(F)c(F)c(F)c(F)c5F)C(=O)C4(Cl)C3c3ccc(O)cc3Cl)C2C(=O)N1c1cc(C(F)(F)F)cc(C(F)(F)F)c1. The number of alkyl halides is 8. The number of anilines is 2. The van der Waals surface area contributed by atoms with Crippen molar-refractivity contribution < 1.29 is 72.6 Å². The summed E-state index contributed by atoms with van der Waals surface area (Å²) < 4.78 is 156. The normalized spacial score (nSPS) is 28.1. The highest BCUT2D eigenvalue weighted by Gasteiger charge is 2.77. The number of aromatic hydroxyl groups is 1. The number of hydrogen-bond acceptors (Lipinski definition) is 5. The Kier molecular flexibility index (Phi) is 8.68. The number of carbonyl (C=O) groups is 4. The lowest BCUT2D eigenvalue weighted by Crippen LogP contribution is -2.60. The maximum Gasteiger partial charge on any atom is 0.416 e. The zero-order chi connectivity index (χ0) is 40.6. The molecule has 2 aliphatic heterocycles. The summed E-state index contributed by atoms with van der Waals surface area (Å²) in [5, 5.41) is 9.65. The molecule has 4 amide bonds. The molecule has 290 valence electrons. The van der Waals surface area contributed by atoms with Crippen molar-refractivity contribution in [2.24, 2.45) is 17.8 Å². The average molecular weight is 848 g/mol. The highest BCUT2D eigenvalue weighted by Crippen LogP contribution is 2.66. The molecule has 0 bridgehead atoms. The minimum absolute atomic E-state index is 0.103. The van der Waals surface area contributed by atoms with Crippen molar-refractivity contribution in [3.63, 3.8) is 0 Å². The van der Waals surface area contributed by atoms with Gasteiger partial charge in [0.2, 0.25) is 17.6 Å². The van der Waals surface area contributed by atoms with E-state index in [-0.39, 0.29) is 34.2 Å². The van der Waals surface area contributed by atoms with Crippen molar-refractivity contribution in [1.29, 1.82) is 0 Å². The van der Waals surface area contributed by atoms with Gasteiger partial charge in [0.05, 0.1) is 28.7 Å². The monoisotopic (exact) mass is 846 g/mol. The molecule has 0 spiro atoms. The van der Waals surface area contributed by atoms with Crippen LogP contribution in [0.1, 0.15) is 35.4 Å². The number of hydrogen-bond donors (Lipinski definition) is 1. The van der Waals surface area contributed by atoms with E-state index in [1.54, 1.807) is 0 Å². The van der Waals surface area contributed by atoms with Gasteiger partial charge >= 0.3 is 12.4 Å². The highest BCUT2D eigenvalue weighted by atomic mass is 35.5. The fourth-order valence-electron chi connectivity index (χ4n) is 7.98. The molecule has 1 saturated carbocycles. The van der Waals surface area contributed by atoms with Gasteiger partial charge in [-0.15, -0.1) is 23.2 Å². The van der Waals surface area contributed by atoms with Crippen molar-refractivity contribution in [2.75, 3.05) is 9.80 Å². The predicted octanol–water partition coefficient (Wildman–Crippen LogP) is 8.55. The molecular weight excluding hydrogens is 832 g/mol. The van der Waals surface area contributed by atoms with Crippen molar-refractivity contribution in [3.8, 4) is 5.75 Å².